The molecule has 2 aliphatic heterocycles. The van der Waals surface area contributed by atoms with Crippen LogP contribution in [0.2, 0.25) is 0 Å². The number of hydrogen-bond acceptors (Lipinski definition) is 12. The van der Waals surface area contributed by atoms with Crippen LogP contribution in [-0.4, -0.2) is 87.0 Å². The van der Waals surface area contributed by atoms with E-state index in [4.69, 9.17) is 32.7 Å². The number of likely N-dealkylation sites (tertiary alicyclic amines) is 1. The molecule has 2 aromatic carbocycles. The summed E-state index contributed by atoms with van der Waals surface area (Å²) in [6, 6.07) is 4.68. The molecule has 2 aliphatic carbocycles. The Balaban J connectivity index is 1.54. The molecule has 1 N–H and O–H groups in total. The molecular formula is C31H28BrCl2N5O11. The van der Waals surface area contributed by atoms with Crippen LogP contribution in [-0.2, 0) is 19.2 Å². The minimum absolute atomic E-state index is 0.0482. The summed E-state index contributed by atoms with van der Waals surface area (Å²) in [4.78, 5) is 77.3. The topological polar surface area (TPSA) is 203 Å². The predicted molar refractivity (Wildman–Crippen MR) is 181 cm³/mol. The van der Waals surface area contributed by atoms with E-state index in [1.165, 1.54) is 45.3 Å². The maximum Gasteiger partial charge on any atom is 0.301 e. The number of amides is 4. The molecule has 1 saturated carbocycles. The fourth-order valence-corrected chi connectivity index (χ4v) is 9.34. The number of ether oxygens (including phenoxy) is 2. The number of imide groups is 2. The Morgan fingerprint density at radius 2 is 1.52 bits per heavy atom. The van der Waals surface area contributed by atoms with E-state index in [2.05, 4.69) is 15.9 Å². The van der Waals surface area contributed by atoms with Gasteiger partial charge in [-0.3, -0.25) is 44.3 Å². The van der Waals surface area contributed by atoms with Crippen LogP contribution in [0.15, 0.2) is 35.9 Å². The van der Waals surface area contributed by atoms with Crippen molar-refractivity contribution in [3.63, 3.8) is 0 Å². The summed E-state index contributed by atoms with van der Waals surface area (Å²) in [6.07, 6.45) is 1.26. The quantitative estimate of drug-likeness (QED) is 0.0998. The van der Waals surface area contributed by atoms with Crippen LogP contribution < -0.4 is 19.3 Å². The Bertz CT molecular complexity index is 1900. The lowest BCUT2D eigenvalue weighted by Gasteiger charge is -2.50. The molecule has 4 amide bonds. The van der Waals surface area contributed by atoms with Gasteiger partial charge in [0.1, 0.15) is 0 Å². The average molecular weight is 797 g/mol. The van der Waals surface area contributed by atoms with Crippen molar-refractivity contribution < 1.29 is 43.6 Å². The number of phenols is 1. The highest BCUT2D eigenvalue weighted by Gasteiger charge is 2.76. The Morgan fingerprint density at radius 1 is 0.960 bits per heavy atom. The Labute approximate surface area is 301 Å². The molecule has 3 fully saturated rings. The van der Waals surface area contributed by atoms with Crippen molar-refractivity contribution in [1.29, 1.82) is 0 Å². The molecule has 2 heterocycles. The third kappa shape index (κ3) is 4.62. The number of methoxy groups -OCH3 is 2. The monoisotopic (exact) mass is 795 g/mol. The van der Waals surface area contributed by atoms with Gasteiger partial charge in [0.2, 0.25) is 17.6 Å². The van der Waals surface area contributed by atoms with Gasteiger partial charge in [0.05, 0.1) is 47.0 Å². The van der Waals surface area contributed by atoms with Gasteiger partial charge in [0, 0.05) is 32.1 Å². The largest absolute Gasteiger partial charge is 0.502 e. The number of nitro groups is 2. The number of aromatic hydroxyl groups is 1. The molecule has 264 valence electrons. The number of carbonyl (C=O) groups is 4. The van der Waals surface area contributed by atoms with E-state index in [-0.39, 0.29) is 52.5 Å². The van der Waals surface area contributed by atoms with Gasteiger partial charge in [-0.25, -0.2) is 4.90 Å². The fourth-order valence-electron chi connectivity index (χ4n) is 7.92. The second kappa shape index (κ2) is 12.1. The number of halogens is 3. The smallest absolute Gasteiger partial charge is 0.301 e. The second-order valence-corrected chi connectivity index (χ2v) is 14.3. The second-order valence-electron chi connectivity index (χ2n) is 12.5. The summed E-state index contributed by atoms with van der Waals surface area (Å²) in [5, 5.41) is 34.8. The summed E-state index contributed by atoms with van der Waals surface area (Å²) >= 11 is 17.7. The van der Waals surface area contributed by atoms with Gasteiger partial charge in [-0.1, -0.05) is 27.6 Å². The maximum absolute atomic E-state index is 14.4. The Kier molecular flexibility index (Phi) is 8.55. The van der Waals surface area contributed by atoms with Gasteiger partial charge < -0.3 is 19.5 Å². The first-order valence-corrected chi connectivity index (χ1v) is 16.8. The molecule has 19 heteroatoms. The molecule has 0 spiro atoms. The zero-order valence-electron chi connectivity index (χ0n) is 26.7. The number of allylic oxidation sites excluding steroid dienone is 2. The number of nitro benzene ring substituents is 2. The van der Waals surface area contributed by atoms with Gasteiger partial charge in [-0.05, 0) is 36.5 Å². The molecule has 2 aromatic rings. The van der Waals surface area contributed by atoms with Crippen LogP contribution >= 0.6 is 39.1 Å². The minimum atomic E-state index is -2.16. The first-order valence-electron chi connectivity index (χ1n) is 15.0. The van der Waals surface area contributed by atoms with Crippen LogP contribution in [0.5, 0.6) is 17.2 Å². The lowest BCUT2D eigenvalue weighted by Crippen LogP contribution is -2.60. The Morgan fingerprint density at radius 3 is 2.00 bits per heavy atom. The summed E-state index contributed by atoms with van der Waals surface area (Å²) in [6.45, 7) is 0. The van der Waals surface area contributed by atoms with Gasteiger partial charge in [-0.2, -0.15) is 0 Å². The average Bonchev–Trinajstić information content (AvgIpc) is 3.41. The summed E-state index contributed by atoms with van der Waals surface area (Å²) in [5.41, 5.74) is -1.68. The van der Waals surface area contributed by atoms with Crippen molar-refractivity contribution in [2.45, 2.75) is 28.5 Å². The van der Waals surface area contributed by atoms with Crippen LogP contribution in [0.25, 0.3) is 0 Å². The molecule has 0 bridgehead atoms. The molecule has 16 nitrogen and oxygen atoms in total. The van der Waals surface area contributed by atoms with E-state index >= 15 is 0 Å². The van der Waals surface area contributed by atoms with Crippen LogP contribution in [0.1, 0.15) is 24.3 Å². The van der Waals surface area contributed by atoms with E-state index in [0.717, 1.165) is 17.0 Å². The van der Waals surface area contributed by atoms with E-state index in [1.807, 2.05) is 0 Å². The molecule has 6 rings (SSSR count). The predicted octanol–water partition coefficient (Wildman–Crippen LogP) is 4.21. The van der Waals surface area contributed by atoms with Crippen LogP contribution in [0.3, 0.4) is 0 Å². The number of rotatable bonds is 8. The number of nitrogens with zero attached hydrogens (tertiary/aromatic N) is 5. The highest BCUT2D eigenvalue weighted by atomic mass is 79.9. The lowest BCUT2D eigenvalue weighted by atomic mass is 9.56. The van der Waals surface area contributed by atoms with Crippen LogP contribution in [0, 0.1) is 38.0 Å². The normalized spacial score (nSPS) is 28.6. The molecule has 0 aromatic heterocycles. The minimum Gasteiger partial charge on any atom is -0.502 e. The third-order valence-corrected chi connectivity index (χ3v) is 11.9. The number of carbonyl (C=O) groups excluding carboxylic acids is 4. The standard InChI is InChI=1S/C31H28BrCl2N5O11/c1-35(2)24-18(38(45)46)9-14(10-19(24)39(47)48)37-26(41)16-6-5-15-17(22(16)27(37)42)11-30(33)28(43)36(12-32)29(44)31(30,34)23(15)13-7-20(49-3)25(40)21(8-13)50-4/h5,7-10,16-17,22-23,40H,6,11-12H2,1-4H3. The van der Waals surface area contributed by atoms with E-state index < -0.39 is 78.3 Å². The number of benzene rings is 2. The number of anilines is 2. The number of fused-ring (bicyclic) bond motifs is 4. The lowest BCUT2D eigenvalue weighted by molar-refractivity contribution is -0.392. The number of phenolic OH excluding ortho intramolecular Hbond substituents is 1. The van der Waals surface area contributed by atoms with Crippen molar-refractivity contribution in [2.75, 3.05) is 43.6 Å². The highest BCUT2D eigenvalue weighted by Crippen LogP contribution is 2.66. The first kappa shape index (κ1) is 35.3. The zero-order chi connectivity index (χ0) is 36.8. The van der Waals surface area contributed by atoms with Crippen LogP contribution in [0.4, 0.5) is 22.7 Å². The molecule has 2 saturated heterocycles. The van der Waals surface area contributed by atoms with Gasteiger partial charge in [0.25, 0.3) is 11.8 Å². The van der Waals surface area contributed by atoms with Gasteiger partial charge in [0.15, 0.2) is 26.9 Å². The molecule has 6 unspecified atom stereocenters. The summed E-state index contributed by atoms with van der Waals surface area (Å²) < 4.78 is 10.7. The maximum atomic E-state index is 14.4. The molecule has 6 atom stereocenters. The van der Waals surface area contributed by atoms with Crippen molar-refractivity contribution in [3.8, 4) is 17.2 Å². The van der Waals surface area contributed by atoms with Crippen molar-refractivity contribution in [3.05, 3.63) is 61.7 Å². The Hall–Kier alpha value is -4.48. The first-order chi connectivity index (χ1) is 23.5. The van der Waals surface area contributed by atoms with E-state index in [1.54, 1.807) is 6.08 Å². The van der Waals surface area contributed by atoms with Gasteiger partial charge >= 0.3 is 11.4 Å². The van der Waals surface area contributed by atoms with Crippen molar-refractivity contribution in [2.24, 2.45) is 17.8 Å². The van der Waals surface area contributed by atoms with Crippen molar-refractivity contribution >= 4 is 85.5 Å². The fraction of sp³-hybridized carbons (Fsp3) is 0.419. The molecular weight excluding hydrogens is 769 g/mol. The van der Waals surface area contributed by atoms with E-state index in [0.29, 0.717) is 10.5 Å². The molecule has 0 radical (unpaired) electrons. The molecule has 4 aliphatic rings. The number of hydrogen-bond donors (Lipinski definition) is 1. The van der Waals surface area contributed by atoms with Gasteiger partial charge in [-0.15, -0.1) is 23.2 Å². The van der Waals surface area contributed by atoms with Crippen molar-refractivity contribution in [1.82, 2.24) is 4.90 Å². The zero-order valence-corrected chi connectivity index (χ0v) is 29.8. The molecule has 50 heavy (non-hydrogen) atoms. The summed E-state index contributed by atoms with van der Waals surface area (Å²) in [5.74, 6) is -8.13. The van der Waals surface area contributed by atoms with E-state index in [9.17, 15) is 44.5 Å². The SMILES string of the molecule is COc1cc(C2C3=CCC4C(=O)N(c5cc([N+](=O)[O-])c(N(C)C)c([N+](=O)[O-])c5)C(=O)C4C3CC3(Cl)C(=O)N(CBr)C(=O)C23Cl)cc(OC)c1O. The third-order valence-electron chi connectivity index (χ3n) is 10.0. The number of alkyl halides is 3. The summed E-state index contributed by atoms with van der Waals surface area (Å²) in [7, 11) is 5.35. The highest BCUT2D eigenvalue weighted by molar-refractivity contribution is 9.09.